The summed E-state index contributed by atoms with van der Waals surface area (Å²) in [5, 5.41) is 10.3. The molecule has 156 valence electrons. The average Bonchev–Trinajstić information content (AvgIpc) is 2.60. The van der Waals surface area contributed by atoms with Crippen molar-refractivity contribution >= 4 is 33.5 Å². The second-order valence-corrected chi connectivity index (χ2v) is 9.85. The summed E-state index contributed by atoms with van der Waals surface area (Å²) in [4.78, 5) is 23.3. The first-order valence-corrected chi connectivity index (χ1v) is 10.7. The summed E-state index contributed by atoms with van der Waals surface area (Å²) < 4.78 is 6.43. The normalized spacial score (nSPS) is 20.3. The topological polar surface area (TPSA) is 69.1 Å². The molecule has 7 nitrogen and oxygen atoms in total. The van der Waals surface area contributed by atoms with Gasteiger partial charge in [-0.05, 0) is 62.5 Å². The van der Waals surface area contributed by atoms with E-state index in [0.29, 0.717) is 26.2 Å². The number of hydrogen-bond donors (Lipinski definition) is 1. The van der Waals surface area contributed by atoms with Crippen molar-refractivity contribution in [2.75, 3.05) is 49.1 Å². The first kappa shape index (κ1) is 21.2. The summed E-state index contributed by atoms with van der Waals surface area (Å²) in [6.45, 7) is 11.8. The first-order valence-electron chi connectivity index (χ1n) is 9.90. The van der Waals surface area contributed by atoms with Crippen molar-refractivity contribution in [1.82, 2.24) is 9.88 Å². The van der Waals surface area contributed by atoms with Crippen molar-refractivity contribution in [3.05, 3.63) is 16.7 Å². The van der Waals surface area contributed by atoms with Crippen LogP contribution in [0, 0.1) is 0 Å². The number of hydrogen-bond acceptors (Lipinski definition) is 6. The van der Waals surface area contributed by atoms with E-state index in [4.69, 9.17) is 4.74 Å². The lowest BCUT2D eigenvalue weighted by Crippen LogP contribution is -2.51. The van der Waals surface area contributed by atoms with E-state index < -0.39 is 11.2 Å². The third-order valence-corrected chi connectivity index (χ3v) is 5.66. The van der Waals surface area contributed by atoms with Gasteiger partial charge in [-0.25, -0.2) is 9.78 Å². The number of halogens is 1. The van der Waals surface area contributed by atoms with Crippen molar-refractivity contribution < 1.29 is 14.6 Å². The standard InChI is InChI=1S/C20H31BrN4O3/c1-19(2,3)28-18(26)25-11-9-24(10-12-25)17-16(13-15(21)14-22-17)23-7-5-20(4,27)6-8-23/h13-14,27H,5-12H2,1-4H3. The minimum atomic E-state index is -0.588. The summed E-state index contributed by atoms with van der Waals surface area (Å²) in [5.74, 6) is 0.939. The summed E-state index contributed by atoms with van der Waals surface area (Å²) >= 11 is 3.54. The molecule has 2 saturated heterocycles. The molecule has 0 saturated carbocycles. The van der Waals surface area contributed by atoms with Crippen molar-refractivity contribution in [3.8, 4) is 0 Å². The van der Waals surface area contributed by atoms with Crippen LogP contribution in [0.4, 0.5) is 16.3 Å². The van der Waals surface area contributed by atoms with Crippen LogP contribution in [0.3, 0.4) is 0 Å². The molecule has 0 spiro atoms. The number of aromatic nitrogens is 1. The SMILES string of the molecule is CC1(O)CCN(c2cc(Br)cnc2N2CCN(C(=O)OC(C)(C)C)CC2)CC1. The Bertz CT molecular complexity index is 702. The number of piperidine rings is 1. The van der Waals surface area contributed by atoms with Crippen LogP contribution in [0.5, 0.6) is 0 Å². The second-order valence-electron chi connectivity index (χ2n) is 8.93. The number of carbonyl (C=O) groups is 1. The van der Waals surface area contributed by atoms with E-state index in [0.717, 1.165) is 41.9 Å². The maximum absolute atomic E-state index is 12.3. The number of carbonyl (C=O) groups excluding carboxylic acids is 1. The fraction of sp³-hybridized carbons (Fsp3) is 0.700. The second kappa shape index (κ2) is 8.06. The molecule has 0 aromatic carbocycles. The molecular formula is C20H31BrN4O3. The Kier molecular flexibility index (Phi) is 6.10. The quantitative estimate of drug-likeness (QED) is 0.739. The molecule has 3 rings (SSSR count). The smallest absolute Gasteiger partial charge is 0.410 e. The molecule has 1 amide bonds. The Morgan fingerprint density at radius 1 is 1.14 bits per heavy atom. The molecule has 0 atom stereocenters. The van der Waals surface area contributed by atoms with E-state index in [9.17, 15) is 9.90 Å². The molecule has 0 bridgehead atoms. The molecule has 1 N–H and O–H groups in total. The zero-order chi connectivity index (χ0) is 20.5. The van der Waals surface area contributed by atoms with E-state index in [1.54, 1.807) is 4.90 Å². The van der Waals surface area contributed by atoms with Crippen molar-refractivity contribution in [1.29, 1.82) is 0 Å². The fourth-order valence-electron chi connectivity index (χ4n) is 3.55. The van der Waals surface area contributed by atoms with Gasteiger partial charge in [0.15, 0.2) is 5.82 Å². The first-order chi connectivity index (χ1) is 13.0. The number of anilines is 2. The minimum absolute atomic E-state index is 0.255. The van der Waals surface area contributed by atoms with Gasteiger partial charge in [0.2, 0.25) is 0 Å². The van der Waals surface area contributed by atoms with Gasteiger partial charge in [-0.3, -0.25) is 0 Å². The van der Waals surface area contributed by atoms with E-state index in [-0.39, 0.29) is 6.09 Å². The zero-order valence-corrected chi connectivity index (χ0v) is 18.8. The highest BCUT2D eigenvalue weighted by Crippen LogP contribution is 2.34. The van der Waals surface area contributed by atoms with Gasteiger partial charge in [-0.15, -0.1) is 0 Å². The maximum Gasteiger partial charge on any atom is 0.410 e. The van der Waals surface area contributed by atoms with Crippen molar-refractivity contribution in [2.45, 2.75) is 51.7 Å². The van der Waals surface area contributed by atoms with Gasteiger partial charge in [-0.2, -0.15) is 0 Å². The van der Waals surface area contributed by atoms with E-state index in [1.165, 1.54) is 0 Å². The molecular weight excluding hydrogens is 424 g/mol. The zero-order valence-electron chi connectivity index (χ0n) is 17.2. The van der Waals surface area contributed by atoms with Crippen LogP contribution in [0.2, 0.25) is 0 Å². The third-order valence-electron chi connectivity index (χ3n) is 5.23. The lowest BCUT2D eigenvalue weighted by Gasteiger charge is -2.40. The number of ether oxygens (including phenoxy) is 1. The summed E-state index contributed by atoms with van der Waals surface area (Å²) in [6.07, 6.45) is 3.05. The molecule has 0 radical (unpaired) electrons. The number of rotatable bonds is 2. The molecule has 2 fully saturated rings. The van der Waals surface area contributed by atoms with Gasteiger partial charge in [0, 0.05) is 49.9 Å². The molecule has 0 unspecified atom stereocenters. The van der Waals surface area contributed by atoms with Crippen LogP contribution in [-0.4, -0.2) is 71.6 Å². The van der Waals surface area contributed by atoms with Crippen LogP contribution in [0.1, 0.15) is 40.5 Å². The molecule has 8 heteroatoms. The lowest BCUT2D eigenvalue weighted by molar-refractivity contribution is 0.0240. The fourth-order valence-corrected chi connectivity index (χ4v) is 3.87. The average molecular weight is 455 g/mol. The lowest BCUT2D eigenvalue weighted by atomic mass is 9.93. The Balaban J connectivity index is 1.69. The predicted octanol–water partition coefficient (Wildman–Crippen LogP) is 3.25. The Morgan fingerprint density at radius 2 is 1.75 bits per heavy atom. The molecule has 28 heavy (non-hydrogen) atoms. The Hall–Kier alpha value is -1.54. The molecule has 1 aromatic heterocycles. The summed E-state index contributed by atoms with van der Waals surface area (Å²) in [6, 6.07) is 2.10. The van der Waals surface area contributed by atoms with Crippen LogP contribution < -0.4 is 9.80 Å². The van der Waals surface area contributed by atoms with Gasteiger partial charge in [0.05, 0.1) is 11.3 Å². The molecule has 1 aromatic rings. The van der Waals surface area contributed by atoms with Gasteiger partial charge < -0.3 is 24.5 Å². The van der Waals surface area contributed by atoms with E-state index >= 15 is 0 Å². The Labute approximate surface area is 175 Å². The Morgan fingerprint density at radius 3 is 2.32 bits per heavy atom. The van der Waals surface area contributed by atoms with Crippen molar-refractivity contribution in [2.24, 2.45) is 0 Å². The highest BCUT2D eigenvalue weighted by Gasteiger charge is 2.31. The number of piperazine rings is 1. The molecule has 0 aliphatic carbocycles. The van der Waals surface area contributed by atoms with Crippen LogP contribution in [-0.2, 0) is 4.74 Å². The number of pyridine rings is 1. The highest BCUT2D eigenvalue weighted by molar-refractivity contribution is 9.10. The maximum atomic E-state index is 12.3. The third kappa shape index (κ3) is 5.29. The van der Waals surface area contributed by atoms with Crippen LogP contribution in [0.15, 0.2) is 16.7 Å². The summed E-state index contributed by atoms with van der Waals surface area (Å²) in [7, 11) is 0. The van der Waals surface area contributed by atoms with Gasteiger partial charge in [0.1, 0.15) is 5.60 Å². The minimum Gasteiger partial charge on any atom is -0.444 e. The number of amides is 1. The van der Waals surface area contributed by atoms with E-state index in [1.807, 2.05) is 33.9 Å². The van der Waals surface area contributed by atoms with Gasteiger partial charge in [0.25, 0.3) is 0 Å². The monoisotopic (exact) mass is 454 g/mol. The predicted molar refractivity (Wildman–Crippen MR) is 114 cm³/mol. The molecule has 3 heterocycles. The van der Waals surface area contributed by atoms with Crippen LogP contribution in [0.25, 0.3) is 0 Å². The largest absolute Gasteiger partial charge is 0.444 e. The number of aliphatic hydroxyl groups is 1. The van der Waals surface area contributed by atoms with E-state index in [2.05, 4.69) is 36.8 Å². The summed E-state index contributed by atoms with van der Waals surface area (Å²) in [5.41, 5.74) is 0.00908. The van der Waals surface area contributed by atoms with Crippen molar-refractivity contribution in [3.63, 3.8) is 0 Å². The molecule has 2 aliphatic heterocycles. The highest BCUT2D eigenvalue weighted by atomic mass is 79.9. The van der Waals surface area contributed by atoms with Crippen LogP contribution >= 0.6 is 15.9 Å². The molecule has 2 aliphatic rings. The van der Waals surface area contributed by atoms with Gasteiger partial charge in [-0.1, -0.05) is 0 Å². The number of nitrogens with zero attached hydrogens (tertiary/aromatic N) is 4. The van der Waals surface area contributed by atoms with Gasteiger partial charge >= 0.3 is 6.09 Å².